The van der Waals surface area contributed by atoms with E-state index in [2.05, 4.69) is 27.7 Å². The van der Waals surface area contributed by atoms with Gasteiger partial charge in [0.25, 0.3) is 0 Å². The Bertz CT molecular complexity index is 343. The Hall–Kier alpha value is -0.590. The summed E-state index contributed by atoms with van der Waals surface area (Å²) < 4.78 is 2.74. The Balaban J connectivity index is 2.37. The van der Waals surface area contributed by atoms with Crippen molar-refractivity contribution < 1.29 is 4.79 Å². The maximum absolute atomic E-state index is 11.3. The molecule has 0 aromatic carbocycles. The second-order valence-corrected chi connectivity index (χ2v) is 4.60. The van der Waals surface area contributed by atoms with Crippen LogP contribution in [0.25, 0.3) is 0 Å². The van der Waals surface area contributed by atoms with Gasteiger partial charge in [-0.05, 0) is 41.9 Å². The average molecular weight is 291 g/mol. The van der Waals surface area contributed by atoms with Crippen LogP contribution in [0.2, 0.25) is 0 Å². The molecule has 1 amide bonds. The molecule has 0 aliphatic heterocycles. The minimum atomic E-state index is -0.524. The fourth-order valence-corrected chi connectivity index (χ4v) is 2.02. The first kappa shape index (κ1) is 8.98. The lowest BCUT2D eigenvalue weighted by Gasteiger charge is -2.38. The standard InChI is InChI=1S/C8H10IN3O/c9-6-4-11-12(5-6)8(7(10)13)2-1-3-8/h4-5H,1-3H2,(H2,10,13). The Morgan fingerprint density at radius 1 is 1.69 bits per heavy atom. The van der Waals surface area contributed by atoms with Crippen LogP contribution >= 0.6 is 22.6 Å². The van der Waals surface area contributed by atoms with Crippen molar-refractivity contribution in [2.75, 3.05) is 0 Å². The van der Waals surface area contributed by atoms with E-state index in [1.54, 1.807) is 10.9 Å². The normalized spacial score (nSPS) is 19.5. The van der Waals surface area contributed by atoms with Crippen LogP contribution in [-0.4, -0.2) is 15.7 Å². The maximum Gasteiger partial charge on any atom is 0.245 e. The second-order valence-electron chi connectivity index (χ2n) is 3.35. The number of nitrogens with zero attached hydrogens (tertiary/aromatic N) is 2. The van der Waals surface area contributed by atoms with E-state index in [0.717, 1.165) is 22.8 Å². The zero-order valence-corrected chi connectivity index (χ0v) is 9.19. The highest BCUT2D eigenvalue weighted by molar-refractivity contribution is 14.1. The summed E-state index contributed by atoms with van der Waals surface area (Å²) in [4.78, 5) is 11.3. The molecule has 5 heteroatoms. The van der Waals surface area contributed by atoms with E-state index in [0.29, 0.717) is 0 Å². The van der Waals surface area contributed by atoms with Gasteiger partial charge < -0.3 is 5.73 Å². The first-order valence-electron chi connectivity index (χ1n) is 4.16. The van der Waals surface area contributed by atoms with Crippen LogP contribution in [0.5, 0.6) is 0 Å². The Kier molecular flexibility index (Phi) is 2.05. The summed E-state index contributed by atoms with van der Waals surface area (Å²) in [6.07, 6.45) is 6.30. The number of rotatable bonds is 2. The number of carbonyl (C=O) groups excluding carboxylic acids is 1. The van der Waals surface area contributed by atoms with Crippen molar-refractivity contribution in [2.45, 2.75) is 24.8 Å². The zero-order valence-electron chi connectivity index (χ0n) is 7.03. The second kappa shape index (κ2) is 2.97. The molecule has 1 fully saturated rings. The molecule has 4 nitrogen and oxygen atoms in total. The molecule has 1 aliphatic carbocycles. The molecule has 1 saturated carbocycles. The number of hydrogen-bond donors (Lipinski definition) is 1. The fraction of sp³-hybridized carbons (Fsp3) is 0.500. The highest BCUT2D eigenvalue weighted by Gasteiger charge is 2.45. The molecule has 13 heavy (non-hydrogen) atoms. The molecule has 0 radical (unpaired) electrons. The van der Waals surface area contributed by atoms with Gasteiger partial charge in [-0.2, -0.15) is 5.10 Å². The molecule has 1 aromatic rings. The van der Waals surface area contributed by atoms with Crippen molar-refractivity contribution in [3.8, 4) is 0 Å². The van der Waals surface area contributed by atoms with Crippen molar-refractivity contribution >= 4 is 28.5 Å². The summed E-state index contributed by atoms with van der Waals surface area (Å²) in [6.45, 7) is 0. The van der Waals surface area contributed by atoms with Gasteiger partial charge in [-0.1, -0.05) is 0 Å². The molecule has 0 spiro atoms. The Morgan fingerprint density at radius 2 is 2.38 bits per heavy atom. The van der Waals surface area contributed by atoms with Gasteiger partial charge in [0, 0.05) is 6.20 Å². The first-order chi connectivity index (χ1) is 6.15. The maximum atomic E-state index is 11.3. The molecule has 0 unspecified atom stereocenters. The molecule has 0 bridgehead atoms. The van der Waals surface area contributed by atoms with Crippen LogP contribution in [-0.2, 0) is 10.3 Å². The summed E-state index contributed by atoms with van der Waals surface area (Å²) in [5.74, 6) is -0.266. The van der Waals surface area contributed by atoms with E-state index in [-0.39, 0.29) is 5.91 Å². The number of aromatic nitrogens is 2. The third-order valence-corrected chi connectivity index (χ3v) is 3.19. The summed E-state index contributed by atoms with van der Waals surface area (Å²) in [6, 6.07) is 0. The number of hydrogen-bond acceptors (Lipinski definition) is 2. The zero-order chi connectivity index (χ0) is 9.47. The van der Waals surface area contributed by atoms with Crippen molar-refractivity contribution in [3.63, 3.8) is 0 Å². The van der Waals surface area contributed by atoms with Gasteiger partial charge in [-0.15, -0.1) is 0 Å². The number of halogens is 1. The van der Waals surface area contributed by atoms with Crippen LogP contribution in [0, 0.1) is 3.57 Å². The number of carbonyl (C=O) groups is 1. The average Bonchev–Trinajstić information content (AvgIpc) is 2.32. The van der Waals surface area contributed by atoms with E-state index < -0.39 is 5.54 Å². The monoisotopic (exact) mass is 291 g/mol. The van der Waals surface area contributed by atoms with Crippen molar-refractivity contribution in [3.05, 3.63) is 16.0 Å². The summed E-state index contributed by atoms with van der Waals surface area (Å²) >= 11 is 2.17. The topological polar surface area (TPSA) is 60.9 Å². The van der Waals surface area contributed by atoms with Gasteiger partial charge in [0.05, 0.1) is 9.77 Å². The van der Waals surface area contributed by atoms with Crippen molar-refractivity contribution in [1.29, 1.82) is 0 Å². The number of amides is 1. The van der Waals surface area contributed by atoms with Gasteiger partial charge in [0.2, 0.25) is 5.91 Å². The molecular weight excluding hydrogens is 281 g/mol. The third kappa shape index (κ3) is 1.25. The van der Waals surface area contributed by atoms with E-state index in [1.165, 1.54) is 0 Å². The lowest BCUT2D eigenvalue weighted by atomic mass is 9.76. The summed E-state index contributed by atoms with van der Waals surface area (Å²) in [5, 5.41) is 4.14. The highest BCUT2D eigenvalue weighted by atomic mass is 127. The molecule has 70 valence electrons. The van der Waals surface area contributed by atoms with Crippen LogP contribution < -0.4 is 5.73 Å². The fourth-order valence-electron chi connectivity index (χ4n) is 1.63. The van der Waals surface area contributed by atoms with Crippen molar-refractivity contribution in [2.24, 2.45) is 5.73 Å². The molecule has 0 atom stereocenters. The summed E-state index contributed by atoms with van der Waals surface area (Å²) in [5.41, 5.74) is 4.85. The van der Waals surface area contributed by atoms with E-state index >= 15 is 0 Å². The number of primary amides is 1. The van der Waals surface area contributed by atoms with Crippen LogP contribution in [0.1, 0.15) is 19.3 Å². The lowest BCUT2D eigenvalue weighted by Crippen LogP contribution is -2.51. The lowest BCUT2D eigenvalue weighted by molar-refractivity contribution is -0.131. The summed E-state index contributed by atoms with van der Waals surface area (Å²) in [7, 11) is 0. The minimum Gasteiger partial charge on any atom is -0.368 e. The van der Waals surface area contributed by atoms with Gasteiger partial charge in [-0.3, -0.25) is 9.48 Å². The SMILES string of the molecule is NC(=O)C1(n2cc(I)cn2)CCC1. The van der Waals surface area contributed by atoms with E-state index in [4.69, 9.17) is 5.73 Å². The first-order valence-corrected chi connectivity index (χ1v) is 5.23. The van der Waals surface area contributed by atoms with E-state index in [1.807, 2.05) is 6.20 Å². The van der Waals surface area contributed by atoms with Gasteiger partial charge in [0.15, 0.2) is 0 Å². The molecule has 1 aliphatic rings. The minimum absolute atomic E-state index is 0.266. The molecule has 1 heterocycles. The Labute approximate surface area is 89.6 Å². The van der Waals surface area contributed by atoms with Crippen LogP contribution in [0.3, 0.4) is 0 Å². The molecular formula is C8H10IN3O. The molecule has 2 N–H and O–H groups in total. The van der Waals surface area contributed by atoms with Gasteiger partial charge in [0.1, 0.15) is 5.54 Å². The van der Waals surface area contributed by atoms with Crippen LogP contribution in [0.4, 0.5) is 0 Å². The van der Waals surface area contributed by atoms with Gasteiger partial charge >= 0.3 is 0 Å². The van der Waals surface area contributed by atoms with E-state index in [9.17, 15) is 4.79 Å². The van der Waals surface area contributed by atoms with Crippen molar-refractivity contribution in [1.82, 2.24) is 9.78 Å². The predicted octanol–water partition coefficient (Wildman–Crippen LogP) is 0.852. The molecule has 1 aromatic heterocycles. The third-order valence-electron chi connectivity index (χ3n) is 2.63. The predicted molar refractivity (Wildman–Crippen MR) is 56.0 cm³/mol. The molecule has 0 saturated heterocycles. The van der Waals surface area contributed by atoms with Gasteiger partial charge in [-0.25, -0.2) is 0 Å². The number of nitrogens with two attached hydrogens (primary N) is 1. The Morgan fingerprint density at radius 3 is 2.69 bits per heavy atom. The molecule has 2 rings (SSSR count). The highest BCUT2D eigenvalue weighted by Crippen LogP contribution is 2.38. The van der Waals surface area contributed by atoms with Crippen LogP contribution in [0.15, 0.2) is 12.4 Å². The largest absolute Gasteiger partial charge is 0.368 e. The quantitative estimate of drug-likeness (QED) is 0.821. The smallest absolute Gasteiger partial charge is 0.245 e.